The van der Waals surface area contributed by atoms with Crippen molar-refractivity contribution >= 4 is 20.9 Å². The Labute approximate surface area is 199 Å². The number of nitrogens with zero attached hydrogens (tertiary/aromatic N) is 1. The van der Waals surface area contributed by atoms with Crippen molar-refractivity contribution in [2.24, 2.45) is 5.41 Å². The molecular weight excluding hydrogens is 461 g/mol. The molecule has 0 radical (unpaired) electrons. The normalized spacial score (nSPS) is 16.2. The molecule has 2 aromatic carbocycles. The Hall–Kier alpha value is -2.32. The number of sulfonamides is 1. The zero-order valence-electron chi connectivity index (χ0n) is 20.1. The Morgan fingerprint density at radius 3 is 2.38 bits per heavy atom. The number of halogens is 3. The van der Waals surface area contributed by atoms with Crippen LogP contribution in [-0.2, 0) is 22.7 Å². The second kappa shape index (κ2) is 8.41. The number of hydrogen-bond acceptors (Lipinski definition) is 2. The summed E-state index contributed by atoms with van der Waals surface area (Å²) in [6, 6.07) is 9.08. The van der Waals surface area contributed by atoms with Crippen LogP contribution in [0.4, 0.5) is 13.2 Å². The van der Waals surface area contributed by atoms with Gasteiger partial charge >= 0.3 is 6.18 Å². The van der Waals surface area contributed by atoms with Crippen LogP contribution in [0.1, 0.15) is 63.3 Å². The van der Waals surface area contributed by atoms with Crippen molar-refractivity contribution in [3.8, 4) is 11.1 Å². The minimum atomic E-state index is -4.47. The summed E-state index contributed by atoms with van der Waals surface area (Å²) in [7, 11) is -3.39. The molecule has 4 nitrogen and oxygen atoms in total. The highest BCUT2D eigenvalue weighted by Crippen LogP contribution is 2.41. The molecule has 3 aromatic rings. The first-order valence-corrected chi connectivity index (χ1v) is 13.0. The number of hydrogen-bond donors (Lipinski definition) is 1. The molecule has 1 aliphatic carbocycles. The van der Waals surface area contributed by atoms with E-state index in [1.807, 2.05) is 23.8 Å². The van der Waals surface area contributed by atoms with E-state index in [0.717, 1.165) is 22.5 Å². The smallest absolute Gasteiger partial charge is 0.347 e. The van der Waals surface area contributed by atoms with Crippen LogP contribution in [0.2, 0.25) is 0 Å². The largest absolute Gasteiger partial charge is 0.417 e. The maximum atomic E-state index is 13.8. The average molecular weight is 493 g/mol. The van der Waals surface area contributed by atoms with Crippen LogP contribution < -0.4 is 4.72 Å². The summed E-state index contributed by atoms with van der Waals surface area (Å²) in [4.78, 5) is 0. The summed E-state index contributed by atoms with van der Waals surface area (Å²) in [5.74, 6) is 0. The van der Waals surface area contributed by atoms with E-state index in [2.05, 4.69) is 25.5 Å². The van der Waals surface area contributed by atoms with Gasteiger partial charge in [-0.05, 0) is 66.5 Å². The quantitative estimate of drug-likeness (QED) is 0.410. The fourth-order valence-corrected chi connectivity index (χ4v) is 6.10. The van der Waals surface area contributed by atoms with Gasteiger partial charge in [0.05, 0.1) is 10.8 Å². The molecule has 184 valence electrons. The number of alkyl halides is 3. The standard InChI is InChI=1S/C26H31F3N2O2S/c1-16-7-6-8-22(26(27,28)29)24(16)18-9-12-20-21(17(2)30-34(32,33)19-10-11-19)14-31(23(20)13-18)15-25(3,4)5/h6-9,12-14,17,19,30H,10-11,15H2,1-5H3/t17-/m1/s1. The fourth-order valence-electron chi connectivity index (χ4n) is 4.53. The van der Waals surface area contributed by atoms with Gasteiger partial charge in [-0.3, -0.25) is 0 Å². The van der Waals surface area contributed by atoms with E-state index in [9.17, 15) is 21.6 Å². The topological polar surface area (TPSA) is 51.1 Å². The van der Waals surface area contributed by atoms with E-state index in [1.54, 1.807) is 25.1 Å². The number of aromatic nitrogens is 1. The fraction of sp³-hybridized carbons (Fsp3) is 0.462. The highest BCUT2D eigenvalue weighted by atomic mass is 32.2. The summed E-state index contributed by atoms with van der Waals surface area (Å²) in [5.41, 5.74) is 2.07. The van der Waals surface area contributed by atoms with Gasteiger partial charge in [-0.15, -0.1) is 0 Å². The molecule has 1 aromatic heterocycles. The molecule has 1 heterocycles. The van der Waals surface area contributed by atoms with Crippen LogP contribution >= 0.6 is 0 Å². The van der Waals surface area contributed by atoms with E-state index in [1.165, 1.54) is 6.07 Å². The minimum Gasteiger partial charge on any atom is -0.347 e. The number of aryl methyl sites for hydroxylation is 1. The van der Waals surface area contributed by atoms with Crippen LogP contribution in [0.5, 0.6) is 0 Å². The summed E-state index contributed by atoms with van der Waals surface area (Å²) in [6.07, 6.45) is -1.18. The van der Waals surface area contributed by atoms with E-state index in [0.29, 0.717) is 30.5 Å². The number of nitrogens with one attached hydrogen (secondary N) is 1. The van der Waals surface area contributed by atoms with Crippen molar-refractivity contribution in [1.82, 2.24) is 9.29 Å². The number of rotatable bonds is 6. The molecule has 4 rings (SSSR count). The van der Waals surface area contributed by atoms with Crippen molar-refractivity contribution in [3.63, 3.8) is 0 Å². The molecule has 34 heavy (non-hydrogen) atoms. The summed E-state index contributed by atoms with van der Waals surface area (Å²) in [5, 5.41) is 0.507. The minimum absolute atomic E-state index is 0.0875. The van der Waals surface area contributed by atoms with Crippen molar-refractivity contribution in [3.05, 3.63) is 59.3 Å². The summed E-state index contributed by atoms with van der Waals surface area (Å²) >= 11 is 0. The van der Waals surface area contributed by atoms with Gasteiger partial charge in [0.15, 0.2) is 0 Å². The third-order valence-corrected chi connectivity index (χ3v) is 8.23. The molecule has 0 aliphatic heterocycles. The highest BCUT2D eigenvalue weighted by molar-refractivity contribution is 7.90. The zero-order valence-corrected chi connectivity index (χ0v) is 20.9. The first-order valence-electron chi connectivity index (χ1n) is 11.5. The second-order valence-electron chi connectivity index (χ2n) is 10.6. The Kier molecular flexibility index (Phi) is 6.13. The molecule has 1 fully saturated rings. The summed E-state index contributed by atoms with van der Waals surface area (Å²) < 4.78 is 71.3. The third kappa shape index (κ3) is 5.03. The molecule has 1 saturated carbocycles. The van der Waals surface area contributed by atoms with Crippen LogP contribution in [0.3, 0.4) is 0 Å². The van der Waals surface area contributed by atoms with E-state index in [-0.39, 0.29) is 16.2 Å². The molecular formula is C26H31F3N2O2S. The first kappa shape index (κ1) is 24.8. The lowest BCUT2D eigenvalue weighted by molar-refractivity contribution is -0.137. The lowest BCUT2D eigenvalue weighted by atomic mass is 9.93. The van der Waals surface area contributed by atoms with Crippen LogP contribution in [0.25, 0.3) is 22.0 Å². The predicted molar refractivity (Wildman–Crippen MR) is 130 cm³/mol. The van der Waals surface area contributed by atoms with Gasteiger partial charge in [0.25, 0.3) is 0 Å². The molecule has 0 saturated heterocycles. The lowest BCUT2D eigenvalue weighted by Crippen LogP contribution is -2.29. The van der Waals surface area contributed by atoms with Crippen molar-refractivity contribution in [2.45, 2.75) is 71.5 Å². The summed E-state index contributed by atoms with van der Waals surface area (Å²) in [6.45, 7) is 10.4. The Morgan fingerprint density at radius 2 is 1.79 bits per heavy atom. The van der Waals surface area contributed by atoms with Gasteiger partial charge in [0.1, 0.15) is 0 Å². The molecule has 0 bridgehead atoms. The van der Waals surface area contributed by atoms with Crippen LogP contribution in [0, 0.1) is 12.3 Å². The molecule has 0 amide bonds. The van der Waals surface area contributed by atoms with Crippen LogP contribution in [-0.4, -0.2) is 18.2 Å². The average Bonchev–Trinajstić information content (AvgIpc) is 3.50. The Morgan fingerprint density at radius 1 is 1.12 bits per heavy atom. The molecule has 8 heteroatoms. The van der Waals surface area contributed by atoms with Gasteiger partial charge in [-0.25, -0.2) is 13.1 Å². The van der Waals surface area contributed by atoms with Crippen molar-refractivity contribution in [1.29, 1.82) is 0 Å². The first-order chi connectivity index (χ1) is 15.7. The zero-order chi connectivity index (χ0) is 25.1. The van der Waals surface area contributed by atoms with Gasteiger partial charge in [0.2, 0.25) is 10.0 Å². The van der Waals surface area contributed by atoms with E-state index < -0.39 is 27.8 Å². The molecule has 1 N–H and O–H groups in total. The van der Waals surface area contributed by atoms with Crippen LogP contribution in [0.15, 0.2) is 42.6 Å². The molecule has 0 unspecified atom stereocenters. The second-order valence-corrected chi connectivity index (χ2v) is 12.6. The Balaban J connectivity index is 1.86. The predicted octanol–water partition coefficient (Wildman–Crippen LogP) is 6.82. The highest BCUT2D eigenvalue weighted by Gasteiger charge is 2.37. The number of fused-ring (bicyclic) bond motifs is 1. The van der Waals surface area contributed by atoms with Crippen molar-refractivity contribution < 1.29 is 21.6 Å². The Bertz CT molecular complexity index is 1330. The molecule has 1 aliphatic rings. The SMILES string of the molecule is Cc1cccc(C(F)(F)F)c1-c1ccc2c([C@@H](C)NS(=O)(=O)C3CC3)cn(CC(C)(C)C)c2c1. The maximum absolute atomic E-state index is 13.8. The van der Waals surface area contributed by atoms with E-state index >= 15 is 0 Å². The maximum Gasteiger partial charge on any atom is 0.417 e. The van der Waals surface area contributed by atoms with Crippen molar-refractivity contribution in [2.75, 3.05) is 0 Å². The van der Waals surface area contributed by atoms with Gasteiger partial charge in [-0.2, -0.15) is 13.2 Å². The van der Waals surface area contributed by atoms with Gasteiger partial charge in [-0.1, -0.05) is 45.0 Å². The number of benzene rings is 2. The monoisotopic (exact) mass is 492 g/mol. The molecule has 0 spiro atoms. The van der Waals surface area contributed by atoms with Gasteiger partial charge < -0.3 is 4.57 Å². The molecule has 1 atom stereocenters. The lowest BCUT2D eigenvalue weighted by Gasteiger charge is -2.20. The van der Waals surface area contributed by atoms with Gasteiger partial charge in [0, 0.05) is 29.7 Å². The third-order valence-electron chi connectivity index (χ3n) is 6.20. The van der Waals surface area contributed by atoms with E-state index in [4.69, 9.17) is 0 Å².